The van der Waals surface area contributed by atoms with Crippen molar-refractivity contribution < 1.29 is 14.1 Å². The van der Waals surface area contributed by atoms with E-state index in [0.29, 0.717) is 25.0 Å². The summed E-state index contributed by atoms with van der Waals surface area (Å²) in [6, 6.07) is 20.8. The fourth-order valence-corrected chi connectivity index (χ4v) is 4.39. The number of fused-ring (bicyclic) bond motifs is 1. The highest BCUT2D eigenvalue weighted by Gasteiger charge is 2.24. The molecule has 0 spiro atoms. The number of nitro benzene ring substituents is 1. The summed E-state index contributed by atoms with van der Waals surface area (Å²) in [6.07, 6.45) is 2.09. The van der Waals surface area contributed by atoms with Crippen molar-refractivity contribution in [3.63, 3.8) is 0 Å². The van der Waals surface area contributed by atoms with Crippen molar-refractivity contribution in [2.24, 2.45) is 0 Å². The number of aromatic nitrogens is 1. The smallest absolute Gasteiger partial charge is 0.270 e. The summed E-state index contributed by atoms with van der Waals surface area (Å²) >= 11 is 0. The minimum atomic E-state index is -0.418. The fraction of sp³-hybridized carbons (Fsp3) is 0.250. The molecule has 1 heterocycles. The van der Waals surface area contributed by atoms with Gasteiger partial charge in [0, 0.05) is 61.2 Å². The number of hydrogen-bond donors (Lipinski definition) is 1. The summed E-state index contributed by atoms with van der Waals surface area (Å²) in [5, 5.41) is 15.2. The van der Waals surface area contributed by atoms with Crippen molar-refractivity contribution in [2.75, 3.05) is 27.2 Å². The summed E-state index contributed by atoms with van der Waals surface area (Å²) in [7, 11) is 3.87. The Morgan fingerprint density at radius 2 is 1.81 bits per heavy atom. The summed E-state index contributed by atoms with van der Waals surface area (Å²) in [4.78, 5) is 26.1. The van der Waals surface area contributed by atoms with E-state index in [0.717, 1.165) is 22.2 Å². The maximum absolute atomic E-state index is 13.7. The van der Waals surface area contributed by atoms with Crippen molar-refractivity contribution in [1.29, 1.82) is 0 Å². The lowest BCUT2D eigenvalue weighted by molar-refractivity contribution is -0.384. The van der Waals surface area contributed by atoms with Gasteiger partial charge in [-0.1, -0.05) is 42.5 Å². The second-order valence-electron chi connectivity index (χ2n) is 9.12. The molecular weight excluding hydrogens is 459 g/mol. The fourth-order valence-electron chi connectivity index (χ4n) is 4.39. The largest absolute Gasteiger partial charge is 0.355 e. The molecule has 0 aliphatic rings. The number of non-ortho nitro benzene ring substituents is 1. The van der Waals surface area contributed by atoms with Crippen molar-refractivity contribution in [2.45, 2.75) is 18.9 Å². The quantitative estimate of drug-likeness (QED) is 0.253. The van der Waals surface area contributed by atoms with Gasteiger partial charge >= 0.3 is 0 Å². The Labute approximate surface area is 209 Å². The summed E-state index contributed by atoms with van der Waals surface area (Å²) in [5.41, 5.74) is 3.46. The number of benzene rings is 3. The minimum absolute atomic E-state index is 0.0190. The van der Waals surface area contributed by atoms with E-state index in [1.807, 2.05) is 60.1 Å². The van der Waals surface area contributed by atoms with Crippen LogP contribution in [-0.2, 0) is 11.3 Å². The first-order chi connectivity index (χ1) is 17.3. The molecule has 1 N–H and O–H groups in total. The maximum atomic E-state index is 13.7. The van der Waals surface area contributed by atoms with Crippen LogP contribution in [0.4, 0.5) is 10.1 Å². The molecular formula is C28H29FN4O3. The molecule has 1 aromatic heterocycles. The zero-order chi connectivity index (χ0) is 25.7. The van der Waals surface area contributed by atoms with Crippen LogP contribution in [0, 0.1) is 15.9 Å². The lowest BCUT2D eigenvalue weighted by atomic mass is 9.88. The molecule has 36 heavy (non-hydrogen) atoms. The molecule has 0 fully saturated rings. The van der Waals surface area contributed by atoms with Crippen molar-refractivity contribution in [3.05, 3.63) is 112 Å². The Bertz CT molecular complexity index is 1350. The number of likely N-dealkylation sites (N-methyl/N-ethyl adjacent to an activating group) is 1. The number of hydrogen-bond acceptors (Lipinski definition) is 4. The van der Waals surface area contributed by atoms with Crippen molar-refractivity contribution in [1.82, 2.24) is 14.8 Å². The second kappa shape index (κ2) is 11.1. The minimum Gasteiger partial charge on any atom is -0.355 e. The predicted molar refractivity (Wildman–Crippen MR) is 139 cm³/mol. The van der Waals surface area contributed by atoms with Gasteiger partial charge in [0.25, 0.3) is 5.69 Å². The Hall–Kier alpha value is -4.04. The van der Waals surface area contributed by atoms with Gasteiger partial charge in [-0.3, -0.25) is 14.9 Å². The molecule has 0 radical (unpaired) electrons. The molecule has 7 nitrogen and oxygen atoms in total. The summed E-state index contributed by atoms with van der Waals surface area (Å²) in [5.74, 6) is -0.915. The van der Waals surface area contributed by atoms with E-state index in [1.54, 1.807) is 24.3 Å². The molecule has 0 saturated heterocycles. The number of carbonyl (C=O) groups excluding carboxylic acids is 1. The van der Waals surface area contributed by atoms with E-state index in [9.17, 15) is 19.3 Å². The molecule has 0 unspecified atom stereocenters. The lowest BCUT2D eigenvalue weighted by Gasteiger charge is -2.18. The number of halogens is 1. The van der Waals surface area contributed by atoms with Gasteiger partial charge in [-0.25, -0.2) is 4.39 Å². The van der Waals surface area contributed by atoms with Crippen LogP contribution in [0.25, 0.3) is 10.9 Å². The number of nitrogens with zero attached hydrogens (tertiary/aromatic N) is 3. The number of rotatable bonds is 10. The standard InChI is InChI=1S/C28H29FN4O3/c1-31(2)15-14-30-28(34)17-24(21-8-10-22(29)11-9-21)26-19-32(18-20-6-4-3-5-7-20)27-13-12-23(33(35)36)16-25(26)27/h3-13,16,19,24H,14-15,17-18H2,1-2H3,(H,30,34)/t24-/m1/s1. The van der Waals surface area contributed by atoms with Crippen LogP contribution in [0.1, 0.15) is 29.0 Å². The number of carbonyl (C=O) groups is 1. The average Bonchev–Trinajstić information content (AvgIpc) is 3.21. The molecule has 0 aliphatic carbocycles. The van der Waals surface area contributed by atoms with Crippen LogP contribution in [0.5, 0.6) is 0 Å². The third-order valence-electron chi connectivity index (χ3n) is 6.22. The van der Waals surface area contributed by atoms with Gasteiger partial charge in [0.15, 0.2) is 0 Å². The van der Waals surface area contributed by atoms with Gasteiger partial charge < -0.3 is 14.8 Å². The van der Waals surface area contributed by atoms with Crippen LogP contribution in [0.3, 0.4) is 0 Å². The van der Waals surface area contributed by atoms with E-state index < -0.39 is 10.8 Å². The Morgan fingerprint density at radius 3 is 2.47 bits per heavy atom. The first-order valence-corrected chi connectivity index (χ1v) is 11.8. The molecule has 4 aromatic rings. The highest BCUT2D eigenvalue weighted by molar-refractivity contribution is 5.88. The van der Waals surface area contributed by atoms with Crippen LogP contribution in [0.2, 0.25) is 0 Å². The number of nitrogens with one attached hydrogen (secondary N) is 1. The number of nitro groups is 1. The zero-order valence-corrected chi connectivity index (χ0v) is 20.4. The molecule has 0 aliphatic heterocycles. The van der Waals surface area contributed by atoms with Crippen molar-refractivity contribution >= 4 is 22.5 Å². The van der Waals surface area contributed by atoms with E-state index in [1.165, 1.54) is 18.2 Å². The first kappa shape index (κ1) is 25.1. The highest BCUT2D eigenvalue weighted by atomic mass is 19.1. The second-order valence-corrected chi connectivity index (χ2v) is 9.12. The molecule has 0 saturated carbocycles. The third-order valence-corrected chi connectivity index (χ3v) is 6.22. The number of amides is 1. The topological polar surface area (TPSA) is 80.4 Å². The first-order valence-electron chi connectivity index (χ1n) is 11.8. The van der Waals surface area contributed by atoms with Crippen LogP contribution < -0.4 is 5.32 Å². The van der Waals surface area contributed by atoms with Gasteiger partial charge in [0.05, 0.1) is 4.92 Å². The van der Waals surface area contributed by atoms with Gasteiger partial charge in [0.1, 0.15) is 5.82 Å². The van der Waals surface area contributed by atoms with Crippen LogP contribution >= 0.6 is 0 Å². The van der Waals surface area contributed by atoms with E-state index in [-0.39, 0.29) is 23.8 Å². The van der Waals surface area contributed by atoms with Gasteiger partial charge in [-0.2, -0.15) is 0 Å². The molecule has 1 amide bonds. The highest BCUT2D eigenvalue weighted by Crippen LogP contribution is 2.36. The lowest BCUT2D eigenvalue weighted by Crippen LogP contribution is -2.32. The van der Waals surface area contributed by atoms with E-state index in [2.05, 4.69) is 5.32 Å². The Balaban J connectivity index is 1.79. The van der Waals surface area contributed by atoms with Gasteiger partial charge in [0.2, 0.25) is 5.91 Å². The van der Waals surface area contributed by atoms with Gasteiger partial charge in [-0.15, -0.1) is 0 Å². The SMILES string of the molecule is CN(C)CCNC(=O)C[C@H](c1ccc(F)cc1)c1cn(Cc2ccccc2)c2ccc([N+](=O)[O-])cc12. The van der Waals surface area contributed by atoms with Crippen LogP contribution in [0.15, 0.2) is 79.0 Å². The monoisotopic (exact) mass is 488 g/mol. The zero-order valence-electron chi connectivity index (χ0n) is 20.4. The molecule has 0 bridgehead atoms. The molecule has 8 heteroatoms. The maximum Gasteiger partial charge on any atom is 0.270 e. The van der Waals surface area contributed by atoms with Crippen LogP contribution in [-0.4, -0.2) is 47.5 Å². The van der Waals surface area contributed by atoms with E-state index in [4.69, 9.17) is 0 Å². The molecule has 4 rings (SSSR count). The third kappa shape index (κ3) is 5.95. The van der Waals surface area contributed by atoms with Gasteiger partial charge in [-0.05, 0) is 49.0 Å². The van der Waals surface area contributed by atoms with Crippen molar-refractivity contribution in [3.8, 4) is 0 Å². The molecule has 186 valence electrons. The van der Waals surface area contributed by atoms with E-state index >= 15 is 0 Å². The normalized spacial score (nSPS) is 12.1. The summed E-state index contributed by atoms with van der Waals surface area (Å²) in [6.45, 7) is 1.78. The Kier molecular flexibility index (Phi) is 7.75. The molecule has 1 atom stereocenters. The average molecular weight is 489 g/mol. The predicted octanol–water partition coefficient (Wildman–Crippen LogP) is 4.94. The molecule has 3 aromatic carbocycles. The Morgan fingerprint density at radius 1 is 1.08 bits per heavy atom. The summed E-state index contributed by atoms with van der Waals surface area (Å²) < 4.78 is 15.8.